The summed E-state index contributed by atoms with van der Waals surface area (Å²) >= 11 is 0. The lowest BCUT2D eigenvalue weighted by atomic mass is 10.0. The van der Waals surface area contributed by atoms with Crippen LogP contribution in [0, 0.1) is 5.82 Å². The maximum atomic E-state index is 13.8. The molecule has 8 heteroatoms. The Hall–Kier alpha value is -3.94. The Morgan fingerprint density at radius 2 is 1.78 bits per heavy atom. The van der Waals surface area contributed by atoms with Gasteiger partial charge in [-0.15, -0.1) is 0 Å². The highest BCUT2D eigenvalue weighted by molar-refractivity contribution is 6.03. The second-order valence-corrected chi connectivity index (χ2v) is 5.99. The maximum Gasteiger partial charge on any atom is 0.251 e. The van der Waals surface area contributed by atoms with Gasteiger partial charge in [-0.1, -0.05) is 0 Å². The van der Waals surface area contributed by atoms with Crippen molar-refractivity contribution < 1.29 is 14.0 Å². The third kappa shape index (κ3) is 2.73. The zero-order chi connectivity index (χ0) is 19.1. The molecule has 6 N–H and O–H groups in total. The monoisotopic (exact) mass is 363 g/mol. The molecule has 0 unspecified atom stereocenters. The molecule has 0 atom stereocenters. The summed E-state index contributed by atoms with van der Waals surface area (Å²) < 4.78 is 13.8. The Morgan fingerprint density at radius 1 is 1.00 bits per heavy atom. The Morgan fingerprint density at radius 3 is 2.52 bits per heavy atom. The molecule has 0 bridgehead atoms. The number of H-pyrrole nitrogens is 2. The molecule has 2 amide bonds. The number of nitrogens with zero attached hydrogens (tertiary/aromatic N) is 1. The highest BCUT2D eigenvalue weighted by Gasteiger charge is 2.19. The van der Waals surface area contributed by atoms with Crippen LogP contribution in [-0.4, -0.2) is 26.8 Å². The second kappa shape index (κ2) is 6.10. The molecule has 4 aromatic rings. The van der Waals surface area contributed by atoms with E-state index in [1.165, 1.54) is 12.1 Å². The molecule has 0 saturated heterocycles. The maximum absolute atomic E-state index is 13.8. The van der Waals surface area contributed by atoms with Gasteiger partial charge >= 0.3 is 0 Å². The number of primary amides is 2. The number of nitrogens with two attached hydrogens (primary N) is 2. The molecule has 134 valence electrons. The minimum atomic E-state index is -0.898. The van der Waals surface area contributed by atoms with E-state index in [9.17, 15) is 14.0 Å². The highest BCUT2D eigenvalue weighted by Crippen LogP contribution is 2.32. The molecular weight excluding hydrogens is 349 g/mol. The van der Waals surface area contributed by atoms with Crippen molar-refractivity contribution in [3.05, 3.63) is 65.7 Å². The van der Waals surface area contributed by atoms with Gasteiger partial charge in [0.15, 0.2) is 0 Å². The van der Waals surface area contributed by atoms with Gasteiger partial charge in [-0.3, -0.25) is 9.59 Å². The molecule has 0 saturated carbocycles. The lowest BCUT2D eigenvalue weighted by Crippen LogP contribution is -2.14. The van der Waals surface area contributed by atoms with Crippen molar-refractivity contribution in [2.45, 2.75) is 0 Å². The Bertz CT molecular complexity index is 1210. The first kappa shape index (κ1) is 16.5. The van der Waals surface area contributed by atoms with Crippen LogP contribution in [0.3, 0.4) is 0 Å². The number of aromatic amines is 2. The Labute approximate surface area is 152 Å². The summed E-state index contributed by atoms with van der Waals surface area (Å²) in [6.45, 7) is 0. The first-order valence-corrected chi connectivity index (χ1v) is 8.00. The SMILES string of the molecule is NC(=O)c1cc(-c2[nH]c(-c3ccnc4[nH]ccc34)cc2C(N)=O)ccc1F. The van der Waals surface area contributed by atoms with Crippen LogP contribution < -0.4 is 11.5 Å². The van der Waals surface area contributed by atoms with Gasteiger partial charge in [0, 0.05) is 29.0 Å². The molecule has 0 fully saturated rings. The molecule has 3 heterocycles. The van der Waals surface area contributed by atoms with E-state index in [0.29, 0.717) is 22.6 Å². The lowest BCUT2D eigenvalue weighted by Gasteiger charge is -2.05. The van der Waals surface area contributed by atoms with E-state index in [2.05, 4.69) is 15.0 Å². The zero-order valence-corrected chi connectivity index (χ0v) is 13.9. The normalized spacial score (nSPS) is 11.0. The van der Waals surface area contributed by atoms with E-state index in [0.717, 1.165) is 17.0 Å². The molecule has 3 aromatic heterocycles. The quantitative estimate of drug-likeness (QED) is 0.444. The number of halogens is 1. The first-order valence-electron chi connectivity index (χ1n) is 8.00. The van der Waals surface area contributed by atoms with Crippen molar-refractivity contribution >= 4 is 22.8 Å². The van der Waals surface area contributed by atoms with Crippen LogP contribution in [0.15, 0.2) is 48.8 Å². The van der Waals surface area contributed by atoms with Crippen LogP contribution in [0.2, 0.25) is 0 Å². The summed E-state index contributed by atoms with van der Waals surface area (Å²) in [6, 6.07) is 9.14. The number of hydrogen-bond acceptors (Lipinski definition) is 3. The van der Waals surface area contributed by atoms with Crippen molar-refractivity contribution in [1.29, 1.82) is 0 Å². The molecule has 0 aliphatic heterocycles. The van der Waals surface area contributed by atoms with Crippen molar-refractivity contribution in [3.63, 3.8) is 0 Å². The number of nitrogens with one attached hydrogen (secondary N) is 2. The fourth-order valence-electron chi connectivity index (χ4n) is 3.09. The van der Waals surface area contributed by atoms with Crippen LogP contribution >= 0.6 is 0 Å². The number of benzene rings is 1. The topological polar surface area (TPSA) is 131 Å². The summed E-state index contributed by atoms with van der Waals surface area (Å²) in [5, 5.41) is 0.859. The third-order valence-corrected chi connectivity index (χ3v) is 4.35. The first-order chi connectivity index (χ1) is 13.0. The van der Waals surface area contributed by atoms with Crippen LogP contribution in [-0.2, 0) is 0 Å². The molecule has 1 aromatic carbocycles. The van der Waals surface area contributed by atoms with Gasteiger partial charge < -0.3 is 21.4 Å². The van der Waals surface area contributed by atoms with Gasteiger partial charge in [0.2, 0.25) is 0 Å². The summed E-state index contributed by atoms with van der Waals surface area (Å²) in [4.78, 5) is 33.8. The number of amides is 2. The van der Waals surface area contributed by atoms with Gasteiger partial charge in [0.05, 0.1) is 16.8 Å². The van der Waals surface area contributed by atoms with E-state index < -0.39 is 17.6 Å². The van der Waals surface area contributed by atoms with Gasteiger partial charge in [0.25, 0.3) is 11.8 Å². The molecule has 0 aliphatic rings. The van der Waals surface area contributed by atoms with E-state index in [-0.39, 0.29) is 11.1 Å². The molecular formula is C19H14FN5O2. The molecule has 0 radical (unpaired) electrons. The van der Waals surface area contributed by atoms with Crippen molar-refractivity contribution in [2.24, 2.45) is 11.5 Å². The summed E-state index contributed by atoms with van der Waals surface area (Å²) in [6.07, 6.45) is 3.40. The minimum absolute atomic E-state index is 0.215. The summed E-state index contributed by atoms with van der Waals surface area (Å²) in [5.74, 6) is -2.29. The van der Waals surface area contributed by atoms with Crippen molar-refractivity contribution in [1.82, 2.24) is 15.0 Å². The Balaban J connectivity index is 1.93. The number of rotatable bonds is 4. The lowest BCUT2D eigenvalue weighted by molar-refractivity contribution is 0.0990. The van der Waals surface area contributed by atoms with Gasteiger partial charge in [0.1, 0.15) is 11.5 Å². The summed E-state index contributed by atoms with van der Waals surface area (Å²) in [7, 11) is 0. The average molecular weight is 363 g/mol. The predicted molar refractivity (Wildman–Crippen MR) is 98.3 cm³/mol. The standard InChI is InChI=1S/C19H14FN5O2/c20-14-2-1-9(7-12(14)17(21)26)16-13(18(22)27)8-15(25-16)10-3-5-23-19-11(10)4-6-24-19/h1-8,25H,(H2,21,26)(H2,22,27)(H,23,24). The van der Waals surface area contributed by atoms with Gasteiger partial charge in [-0.2, -0.15) is 0 Å². The summed E-state index contributed by atoms with van der Waals surface area (Å²) in [5.41, 5.74) is 13.6. The van der Waals surface area contributed by atoms with E-state index >= 15 is 0 Å². The van der Waals surface area contributed by atoms with Gasteiger partial charge in [-0.25, -0.2) is 9.37 Å². The van der Waals surface area contributed by atoms with Crippen LogP contribution in [0.4, 0.5) is 4.39 Å². The molecule has 0 aliphatic carbocycles. The van der Waals surface area contributed by atoms with E-state index in [1.54, 1.807) is 24.5 Å². The van der Waals surface area contributed by atoms with E-state index in [1.807, 2.05) is 6.07 Å². The highest BCUT2D eigenvalue weighted by atomic mass is 19.1. The van der Waals surface area contributed by atoms with Crippen LogP contribution in [0.5, 0.6) is 0 Å². The fraction of sp³-hybridized carbons (Fsp3) is 0. The number of aromatic nitrogens is 3. The number of pyridine rings is 1. The predicted octanol–water partition coefficient (Wildman–Crippen LogP) is 2.56. The number of hydrogen-bond donors (Lipinski definition) is 4. The number of fused-ring (bicyclic) bond motifs is 1. The molecule has 0 spiro atoms. The van der Waals surface area contributed by atoms with Gasteiger partial charge in [-0.05, 0) is 42.0 Å². The molecule has 4 rings (SSSR count). The third-order valence-electron chi connectivity index (χ3n) is 4.35. The second-order valence-electron chi connectivity index (χ2n) is 5.99. The molecule has 7 nitrogen and oxygen atoms in total. The largest absolute Gasteiger partial charge is 0.366 e. The fourth-order valence-corrected chi connectivity index (χ4v) is 3.09. The Kier molecular flexibility index (Phi) is 3.73. The average Bonchev–Trinajstić information content (AvgIpc) is 3.28. The minimum Gasteiger partial charge on any atom is -0.366 e. The smallest absolute Gasteiger partial charge is 0.251 e. The zero-order valence-electron chi connectivity index (χ0n) is 13.9. The van der Waals surface area contributed by atoms with Crippen LogP contribution in [0.25, 0.3) is 33.5 Å². The van der Waals surface area contributed by atoms with E-state index in [4.69, 9.17) is 11.5 Å². The van der Waals surface area contributed by atoms with Crippen molar-refractivity contribution in [3.8, 4) is 22.5 Å². The van der Waals surface area contributed by atoms with Crippen LogP contribution in [0.1, 0.15) is 20.7 Å². The van der Waals surface area contributed by atoms with Crippen molar-refractivity contribution in [2.75, 3.05) is 0 Å². The number of carbonyl (C=O) groups is 2. The molecule has 27 heavy (non-hydrogen) atoms. The number of carbonyl (C=O) groups excluding carboxylic acids is 2.